The zero-order chi connectivity index (χ0) is 13.4. The van der Waals surface area contributed by atoms with Crippen LogP contribution in [0.25, 0.3) is 11.0 Å². The van der Waals surface area contributed by atoms with Crippen molar-refractivity contribution in [2.75, 3.05) is 0 Å². The molecule has 0 bridgehead atoms. The van der Waals surface area contributed by atoms with Gasteiger partial charge in [-0.2, -0.15) is 15.4 Å². The number of nitrogens with zero attached hydrogens (tertiary/aromatic N) is 3. The quantitative estimate of drug-likeness (QED) is 0.854. The number of nitrogens with one attached hydrogen (secondary N) is 1. The lowest BCUT2D eigenvalue weighted by Gasteiger charge is -2.39. The third-order valence-corrected chi connectivity index (χ3v) is 3.99. The van der Waals surface area contributed by atoms with E-state index in [1.807, 2.05) is 23.1 Å². The van der Waals surface area contributed by atoms with Gasteiger partial charge in [0.2, 0.25) is 0 Å². The fourth-order valence-corrected chi connectivity index (χ4v) is 2.94. The monoisotopic (exact) mass is 258 g/mol. The van der Waals surface area contributed by atoms with Crippen LogP contribution in [0.4, 0.5) is 0 Å². The Bertz CT molecular complexity index is 596. The number of piperidine rings is 1. The maximum Gasteiger partial charge on any atom is 0.254 e. The molecule has 2 unspecified atom stereocenters. The van der Waals surface area contributed by atoms with Gasteiger partial charge < -0.3 is 4.90 Å². The smallest absolute Gasteiger partial charge is 0.254 e. The van der Waals surface area contributed by atoms with Crippen LogP contribution in [-0.2, 0) is 0 Å². The number of aromatic amines is 1. The van der Waals surface area contributed by atoms with E-state index < -0.39 is 0 Å². The second kappa shape index (κ2) is 4.64. The average molecular weight is 258 g/mol. The minimum Gasteiger partial charge on any atom is -0.333 e. The number of benzene rings is 1. The molecule has 1 aliphatic heterocycles. The molecule has 0 saturated carbocycles. The van der Waals surface area contributed by atoms with Crippen LogP contribution in [0, 0.1) is 0 Å². The lowest BCUT2D eigenvalue weighted by Crippen LogP contribution is -2.47. The molecule has 5 heteroatoms. The van der Waals surface area contributed by atoms with Crippen molar-refractivity contribution in [2.45, 2.75) is 45.2 Å². The summed E-state index contributed by atoms with van der Waals surface area (Å²) in [7, 11) is 0. The van der Waals surface area contributed by atoms with Gasteiger partial charge in [-0.15, -0.1) is 0 Å². The highest BCUT2D eigenvalue weighted by Crippen LogP contribution is 2.25. The Balaban J connectivity index is 1.93. The standard InChI is InChI=1S/C14H18N4O/c1-9-4-3-5-10(2)18(9)14(19)11-6-7-12-13(8-11)16-17-15-12/h6-10H,3-5H2,1-2H3,(H,15,16,17). The zero-order valence-corrected chi connectivity index (χ0v) is 11.3. The minimum absolute atomic E-state index is 0.101. The van der Waals surface area contributed by atoms with Gasteiger partial charge in [0.1, 0.15) is 11.0 Å². The van der Waals surface area contributed by atoms with Crippen molar-refractivity contribution in [1.82, 2.24) is 20.3 Å². The molecule has 1 saturated heterocycles. The van der Waals surface area contributed by atoms with Crippen molar-refractivity contribution < 1.29 is 4.79 Å². The van der Waals surface area contributed by atoms with E-state index in [1.54, 1.807) is 0 Å². The summed E-state index contributed by atoms with van der Waals surface area (Å²) in [4.78, 5) is 14.7. The van der Waals surface area contributed by atoms with E-state index in [1.165, 1.54) is 6.42 Å². The van der Waals surface area contributed by atoms with Gasteiger partial charge in [0.15, 0.2) is 0 Å². The van der Waals surface area contributed by atoms with E-state index in [4.69, 9.17) is 0 Å². The SMILES string of the molecule is CC1CCCC(C)N1C(=O)c1ccc2n[nH]nc2c1. The molecule has 2 heterocycles. The van der Waals surface area contributed by atoms with Crippen molar-refractivity contribution >= 4 is 16.9 Å². The van der Waals surface area contributed by atoms with E-state index in [0.29, 0.717) is 17.6 Å². The number of hydrogen-bond donors (Lipinski definition) is 1. The topological polar surface area (TPSA) is 61.9 Å². The summed E-state index contributed by atoms with van der Waals surface area (Å²) in [6.07, 6.45) is 3.37. The predicted octanol–water partition coefficient (Wildman–Crippen LogP) is 2.36. The molecule has 0 aliphatic carbocycles. The Morgan fingerprint density at radius 2 is 1.89 bits per heavy atom. The van der Waals surface area contributed by atoms with Crippen molar-refractivity contribution in [3.8, 4) is 0 Å². The number of aromatic nitrogens is 3. The second-order valence-electron chi connectivity index (χ2n) is 5.37. The lowest BCUT2D eigenvalue weighted by molar-refractivity contribution is 0.0511. The number of likely N-dealkylation sites (tertiary alicyclic amines) is 1. The first kappa shape index (κ1) is 12.1. The highest BCUT2D eigenvalue weighted by atomic mass is 16.2. The Hall–Kier alpha value is -1.91. The summed E-state index contributed by atoms with van der Waals surface area (Å²) >= 11 is 0. The van der Waals surface area contributed by atoms with E-state index in [2.05, 4.69) is 29.3 Å². The summed E-state index contributed by atoms with van der Waals surface area (Å²) in [6.45, 7) is 4.25. The van der Waals surface area contributed by atoms with Crippen LogP contribution in [0.5, 0.6) is 0 Å². The number of hydrogen-bond acceptors (Lipinski definition) is 3. The molecule has 1 aromatic heterocycles. The number of rotatable bonds is 1. The number of amides is 1. The van der Waals surface area contributed by atoms with E-state index >= 15 is 0 Å². The Morgan fingerprint density at radius 1 is 1.21 bits per heavy atom. The number of H-pyrrole nitrogens is 1. The van der Waals surface area contributed by atoms with Crippen molar-refractivity contribution in [2.24, 2.45) is 0 Å². The third-order valence-electron chi connectivity index (χ3n) is 3.99. The van der Waals surface area contributed by atoms with Crippen LogP contribution < -0.4 is 0 Å². The highest BCUT2D eigenvalue weighted by molar-refractivity contribution is 5.97. The van der Waals surface area contributed by atoms with Gasteiger partial charge in [-0.05, 0) is 51.3 Å². The van der Waals surface area contributed by atoms with Gasteiger partial charge >= 0.3 is 0 Å². The first-order valence-corrected chi connectivity index (χ1v) is 6.80. The van der Waals surface area contributed by atoms with Gasteiger partial charge in [0.25, 0.3) is 5.91 Å². The summed E-state index contributed by atoms with van der Waals surface area (Å²) in [6, 6.07) is 6.11. The molecule has 1 aromatic carbocycles. The summed E-state index contributed by atoms with van der Waals surface area (Å²) in [5, 5.41) is 10.6. The Morgan fingerprint density at radius 3 is 2.63 bits per heavy atom. The average Bonchev–Trinajstić information content (AvgIpc) is 2.85. The fourth-order valence-electron chi connectivity index (χ4n) is 2.94. The van der Waals surface area contributed by atoms with Gasteiger partial charge in [-0.3, -0.25) is 4.79 Å². The molecule has 0 spiro atoms. The number of carbonyl (C=O) groups excluding carboxylic acids is 1. The number of carbonyl (C=O) groups is 1. The maximum atomic E-state index is 12.7. The minimum atomic E-state index is 0.101. The van der Waals surface area contributed by atoms with Gasteiger partial charge in [0.05, 0.1) is 0 Å². The van der Waals surface area contributed by atoms with E-state index in [0.717, 1.165) is 23.9 Å². The van der Waals surface area contributed by atoms with Gasteiger partial charge in [-0.1, -0.05) is 0 Å². The normalized spacial score (nSPS) is 23.8. The molecule has 2 aromatic rings. The summed E-state index contributed by atoms with van der Waals surface area (Å²) in [5.74, 6) is 0.101. The Kier molecular flexibility index (Phi) is 2.97. The molecule has 1 amide bonds. The molecule has 0 radical (unpaired) electrons. The van der Waals surface area contributed by atoms with Crippen molar-refractivity contribution in [3.05, 3.63) is 23.8 Å². The fraction of sp³-hybridized carbons (Fsp3) is 0.500. The first-order valence-electron chi connectivity index (χ1n) is 6.80. The van der Waals surface area contributed by atoms with E-state index in [-0.39, 0.29) is 5.91 Å². The molecule has 1 N–H and O–H groups in total. The van der Waals surface area contributed by atoms with Crippen LogP contribution >= 0.6 is 0 Å². The summed E-state index contributed by atoms with van der Waals surface area (Å²) < 4.78 is 0. The molecule has 19 heavy (non-hydrogen) atoms. The molecular formula is C14H18N4O. The Labute approximate surface area is 112 Å². The van der Waals surface area contributed by atoms with Gasteiger partial charge in [-0.25, -0.2) is 0 Å². The summed E-state index contributed by atoms with van der Waals surface area (Å²) in [5.41, 5.74) is 2.22. The molecule has 5 nitrogen and oxygen atoms in total. The van der Waals surface area contributed by atoms with Crippen LogP contribution in [0.2, 0.25) is 0 Å². The van der Waals surface area contributed by atoms with Crippen LogP contribution in [0.3, 0.4) is 0 Å². The second-order valence-corrected chi connectivity index (χ2v) is 5.37. The molecule has 1 fully saturated rings. The number of fused-ring (bicyclic) bond motifs is 1. The molecular weight excluding hydrogens is 240 g/mol. The zero-order valence-electron chi connectivity index (χ0n) is 11.3. The van der Waals surface area contributed by atoms with Crippen LogP contribution in [-0.4, -0.2) is 38.3 Å². The largest absolute Gasteiger partial charge is 0.333 e. The van der Waals surface area contributed by atoms with Crippen molar-refractivity contribution in [3.63, 3.8) is 0 Å². The predicted molar refractivity (Wildman–Crippen MR) is 72.8 cm³/mol. The third kappa shape index (κ3) is 2.09. The van der Waals surface area contributed by atoms with Gasteiger partial charge in [0, 0.05) is 17.6 Å². The van der Waals surface area contributed by atoms with Crippen LogP contribution in [0.15, 0.2) is 18.2 Å². The highest BCUT2D eigenvalue weighted by Gasteiger charge is 2.29. The molecule has 100 valence electrons. The lowest BCUT2D eigenvalue weighted by atomic mass is 9.96. The first-order chi connectivity index (χ1) is 9.16. The maximum absolute atomic E-state index is 12.7. The molecule has 3 rings (SSSR count). The molecule has 2 atom stereocenters. The van der Waals surface area contributed by atoms with Crippen LogP contribution in [0.1, 0.15) is 43.5 Å². The van der Waals surface area contributed by atoms with Crippen molar-refractivity contribution in [1.29, 1.82) is 0 Å². The van der Waals surface area contributed by atoms with E-state index in [9.17, 15) is 4.79 Å². The molecule has 1 aliphatic rings.